The van der Waals surface area contributed by atoms with Crippen LogP contribution in [0.3, 0.4) is 0 Å². The van der Waals surface area contributed by atoms with Gasteiger partial charge in [0.25, 0.3) is 0 Å². The van der Waals surface area contributed by atoms with Crippen molar-refractivity contribution in [2.45, 2.75) is 19.7 Å². The van der Waals surface area contributed by atoms with Gasteiger partial charge in [0, 0.05) is 31.8 Å². The number of hydrogen-bond donors (Lipinski definition) is 0. The highest BCUT2D eigenvalue weighted by Gasteiger charge is 2.14. The van der Waals surface area contributed by atoms with Crippen molar-refractivity contribution in [2.24, 2.45) is 0 Å². The number of rotatable bonds is 8. The molecule has 0 unspecified atom stereocenters. The molecule has 4 nitrogen and oxygen atoms in total. The molecule has 0 fully saturated rings. The molecule has 0 heterocycles. The smallest absolute Gasteiger partial charge is 0.387 e. The zero-order chi connectivity index (χ0) is 20.0. The normalized spacial score (nSPS) is 11.1. The van der Waals surface area contributed by atoms with Crippen LogP contribution in [0.5, 0.6) is 5.75 Å². The molecule has 0 radical (unpaired) electrons. The van der Waals surface area contributed by atoms with E-state index in [0.29, 0.717) is 5.56 Å². The Kier molecular flexibility index (Phi) is 7.18. The van der Waals surface area contributed by atoms with Crippen molar-refractivity contribution in [3.8, 4) is 5.75 Å². The lowest BCUT2D eigenvalue weighted by Gasteiger charge is -2.22. The minimum Gasteiger partial charge on any atom is -0.435 e. The monoisotopic (exact) mass is 384 g/mol. The predicted octanol–water partition coefficient (Wildman–Crippen LogP) is 3.66. The minimum atomic E-state index is -2.89. The van der Waals surface area contributed by atoms with Crippen molar-refractivity contribution in [2.75, 3.05) is 20.6 Å². The van der Waals surface area contributed by atoms with E-state index in [9.17, 15) is 22.4 Å². The average Bonchev–Trinajstić information content (AvgIpc) is 2.58. The number of nitrogens with zero attached hydrogens (tertiary/aromatic N) is 2. The Bertz CT molecular complexity index is 769. The number of likely N-dealkylation sites (N-methyl/N-ethyl adjacent to an activating group) is 2. The van der Waals surface area contributed by atoms with E-state index < -0.39 is 18.2 Å². The van der Waals surface area contributed by atoms with Crippen LogP contribution < -0.4 is 4.74 Å². The van der Waals surface area contributed by atoms with Gasteiger partial charge in [0.05, 0.1) is 6.54 Å². The van der Waals surface area contributed by atoms with Gasteiger partial charge in [-0.15, -0.1) is 0 Å². The van der Waals surface area contributed by atoms with Crippen LogP contribution in [-0.4, -0.2) is 43.0 Å². The van der Waals surface area contributed by atoms with E-state index >= 15 is 0 Å². The molecule has 0 saturated carbocycles. The van der Waals surface area contributed by atoms with E-state index in [2.05, 4.69) is 4.74 Å². The van der Waals surface area contributed by atoms with Crippen molar-refractivity contribution >= 4 is 5.91 Å². The van der Waals surface area contributed by atoms with Crippen LogP contribution in [0.4, 0.5) is 17.6 Å². The van der Waals surface area contributed by atoms with Gasteiger partial charge in [-0.25, -0.2) is 8.78 Å². The largest absolute Gasteiger partial charge is 0.435 e. The Hall–Kier alpha value is -2.61. The summed E-state index contributed by atoms with van der Waals surface area (Å²) < 4.78 is 55.2. The summed E-state index contributed by atoms with van der Waals surface area (Å²) in [6, 6.07) is 9.32. The number of hydrogen-bond acceptors (Lipinski definition) is 3. The predicted molar refractivity (Wildman–Crippen MR) is 92.2 cm³/mol. The summed E-state index contributed by atoms with van der Waals surface area (Å²) in [6.45, 7) is -2.40. The van der Waals surface area contributed by atoms with Crippen molar-refractivity contribution in [1.82, 2.24) is 9.80 Å². The van der Waals surface area contributed by atoms with E-state index in [1.807, 2.05) is 0 Å². The molecule has 2 rings (SSSR count). The second kappa shape index (κ2) is 9.36. The zero-order valence-electron chi connectivity index (χ0n) is 15.0. The van der Waals surface area contributed by atoms with E-state index in [1.165, 1.54) is 29.2 Å². The number of ether oxygens (including phenoxy) is 1. The summed E-state index contributed by atoms with van der Waals surface area (Å²) in [5, 5.41) is 0. The van der Waals surface area contributed by atoms with E-state index in [-0.39, 0.29) is 31.3 Å². The molecule has 0 saturated heterocycles. The molecule has 27 heavy (non-hydrogen) atoms. The third-order valence-electron chi connectivity index (χ3n) is 3.85. The van der Waals surface area contributed by atoms with Gasteiger partial charge < -0.3 is 9.64 Å². The van der Waals surface area contributed by atoms with Gasteiger partial charge in [0.1, 0.15) is 17.4 Å². The SMILES string of the molecule is CN(CC(=O)N(C)Cc1ccc(OC(F)F)cc1)Cc1ccc(F)cc1F. The number of alkyl halides is 2. The lowest BCUT2D eigenvalue weighted by atomic mass is 10.2. The molecule has 0 aromatic heterocycles. The lowest BCUT2D eigenvalue weighted by Crippen LogP contribution is -2.36. The van der Waals surface area contributed by atoms with Crippen molar-refractivity contribution in [3.63, 3.8) is 0 Å². The molecule has 0 aliphatic rings. The first kappa shape index (κ1) is 20.7. The molecule has 0 spiro atoms. The molecule has 146 valence electrons. The maximum Gasteiger partial charge on any atom is 0.387 e. The molecule has 1 amide bonds. The van der Waals surface area contributed by atoms with Crippen LogP contribution in [0.1, 0.15) is 11.1 Å². The maximum absolute atomic E-state index is 13.7. The highest BCUT2D eigenvalue weighted by Crippen LogP contribution is 2.16. The fraction of sp³-hybridized carbons (Fsp3) is 0.316. The van der Waals surface area contributed by atoms with Gasteiger partial charge in [-0.3, -0.25) is 9.69 Å². The van der Waals surface area contributed by atoms with Crippen LogP contribution in [0.15, 0.2) is 42.5 Å². The highest BCUT2D eigenvalue weighted by atomic mass is 19.3. The molecular weight excluding hydrogens is 364 g/mol. The first-order valence-electron chi connectivity index (χ1n) is 8.15. The van der Waals surface area contributed by atoms with E-state index in [4.69, 9.17) is 0 Å². The van der Waals surface area contributed by atoms with Crippen molar-refractivity contribution in [3.05, 3.63) is 65.2 Å². The van der Waals surface area contributed by atoms with E-state index in [0.717, 1.165) is 11.6 Å². The quantitative estimate of drug-likeness (QED) is 0.652. The molecular formula is C19H20F4N2O2. The summed E-state index contributed by atoms with van der Waals surface area (Å²) >= 11 is 0. The molecule has 2 aromatic carbocycles. The van der Waals surface area contributed by atoms with Gasteiger partial charge in [-0.2, -0.15) is 8.78 Å². The Balaban J connectivity index is 1.87. The molecule has 0 N–H and O–H groups in total. The Morgan fingerprint density at radius 3 is 2.30 bits per heavy atom. The number of carbonyl (C=O) groups excluding carboxylic acids is 1. The second-order valence-corrected chi connectivity index (χ2v) is 6.18. The molecule has 8 heteroatoms. The average molecular weight is 384 g/mol. The summed E-state index contributed by atoms with van der Waals surface area (Å²) in [6.07, 6.45) is 0. The van der Waals surface area contributed by atoms with Crippen molar-refractivity contribution in [1.29, 1.82) is 0 Å². The van der Waals surface area contributed by atoms with Crippen LogP contribution in [0, 0.1) is 11.6 Å². The Labute approximate surface area is 154 Å². The third kappa shape index (κ3) is 6.56. The second-order valence-electron chi connectivity index (χ2n) is 6.18. The summed E-state index contributed by atoms with van der Waals surface area (Å²) in [7, 11) is 3.27. The number of halogens is 4. The topological polar surface area (TPSA) is 32.8 Å². The van der Waals surface area contributed by atoms with Gasteiger partial charge in [0.2, 0.25) is 5.91 Å². The Morgan fingerprint density at radius 2 is 1.70 bits per heavy atom. The Morgan fingerprint density at radius 1 is 1.04 bits per heavy atom. The first-order chi connectivity index (χ1) is 12.7. The van der Waals surface area contributed by atoms with Crippen LogP contribution >= 0.6 is 0 Å². The first-order valence-corrected chi connectivity index (χ1v) is 8.15. The fourth-order valence-electron chi connectivity index (χ4n) is 2.49. The molecule has 0 atom stereocenters. The molecule has 0 bridgehead atoms. The number of amides is 1. The summed E-state index contributed by atoms with van der Waals surface area (Å²) in [5.41, 5.74) is 1.05. The van der Waals surface area contributed by atoms with Crippen LogP contribution in [0.2, 0.25) is 0 Å². The highest BCUT2D eigenvalue weighted by molar-refractivity contribution is 5.77. The third-order valence-corrected chi connectivity index (χ3v) is 3.85. The zero-order valence-corrected chi connectivity index (χ0v) is 15.0. The molecule has 0 aliphatic heterocycles. The van der Waals surface area contributed by atoms with Gasteiger partial charge in [0.15, 0.2) is 0 Å². The maximum atomic E-state index is 13.7. The van der Waals surface area contributed by atoms with Crippen LogP contribution in [0.25, 0.3) is 0 Å². The molecule has 0 aliphatic carbocycles. The van der Waals surface area contributed by atoms with Gasteiger partial charge in [-0.05, 0) is 30.8 Å². The van der Waals surface area contributed by atoms with Crippen molar-refractivity contribution < 1.29 is 27.1 Å². The number of carbonyl (C=O) groups is 1. The van der Waals surface area contributed by atoms with E-state index in [1.54, 1.807) is 31.1 Å². The van der Waals surface area contributed by atoms with Gasteiger partial charge >= 0.3 is 6.61 Å². The lowest BCUT2D eigenvalue weighted by molar-refractivity contribution is -0.131. The molecule has 2 aromatic rings. The van der Waals surface area contributed by atoms with Gasteiger partial charge in [-0.1, -0.05) is 18.2 Å². The summed E-state index contributed by atoms with van der Waals surface area (Å²) in [5.74, 6) is -1.47. The fourth-order valence-corrected chi connectivity index (χ4v) is 2.49. The number of benzene rings is 2. The minimum absolute atomic E-state index is 0.0416. The summed E-state index contributed by atoms with van der Waals surface area (Å²) in [4.78, 5) is 15.4. The standard InChI is InChI=1S/C19H20F4N2O2/c1-24(11-14-5-6-15(20)9-17(14)21)12-18(26)25(2)10-13-3-7-16(8-4-13)27-19(22)23/h3-9,19H,10-12H2,1-2H3. The van der Waals surface area contributed by atoms with Crippen LogP contribution in [-0.2, 0) is 17.9 Å².